The summed E-state index contributed by atoms with van der Waals surface area (Å²) in [6.45, 7) is 3.87. The number of fused-ring (bicyclic) bond motifs is 4. The number of aromatic amines is 1. The fourth-order valence-electron chi connectivity index (χ4n) is 4.01. The standard InChI is InChI=1S/C25H20FN3O/c1-14-11-22-23(25(30)27-14)21-13-19(26)9-10-20(21)24(29-22)28-15(2)17-8-7-16-5-3-4-6-18(16)12-17/h3-13,15H,1-2H3,(H,27,30)(H,28,29)/t15-/m1/s1. The summed E-state index contributed by atoms with van der Waals surface area (Å²) in [6.07, 6.45) is 0. The third kappa shape index (κ3) is 3.08. The van der Waals surface area contributed by atoms with Crippen LogP contribution in [-0.4, -0.2) is 9.97 Å². The molecule has 0 aliphatic heterocycles. The summed E-state index contributed by atoms with van der Waals surface area (Å²) in [4.78, 5) is 20.1. The molecule has 30 heavy (non-hydrogen) atoms. The van der Waals surface area contributed by atoms with Gasteiger partial charge in [0.15, 0.2) is 0 Å². The van der Waals surface area contributed by atoms with Crippen LogP contribution in [0.4, 0.5) is 10.2 Å². The van der Waals surface area contributed by atoms with Gasteiger partial charge in [0.1, 0.15) is 11.6 Å². The molecule has 0 amide bonds. The first kappa shape index (κ1) is 18.3. The van der Waals surface area contributed by atoms with Crippen molar-refractivity contribution in [1.29, 1.82) is 0 Å². The Kier molecular flexibility index (Phi) is 4.24. The van der Waals surface area contributed by atoms with Crippen LogP contribution in [-0.2, 0) is 0 Å². The molecule has 5 heteroatoms. The first-order chi connectivity index (χ1) is 14.5. The highest BCUT2D eigenvalue weighted by Crippen LogP contribution is 2.31. The van der Waals surface area contributed by atoms with Gasteiger partial charge in [-0.05, 0) is 60.5 Å². The Morgan fingerprint density at radius 1 is 0.967 bits per heavy atom. The van der Waals surface area contributed by atoms with Crippen molar-refractivity contribution in [2.24, 2.45) is 0 Å². The van der Waals surface area contributed by atoms with E-state index in [1.165, 1.54) is 22.9 Å². The maximum atomic E-state index is 14.0. The number of anilines is 1. The largest absolute Gasteiger partial charge is 0.363 e. The molecule has 2 N–H and O–H groups in total. The summed E-state index contributed by atoms with van der Waals surface area (Å²) in [5.74, 6) is 0.242. The summed E-state index contributed by atoms with van der Waals surface area (Å²) in [6, 6.07) is 20.8. The zero-order chi connectivity index (χ0) is 20.8. The lowest BCUT2D eigenvalue weighted by Crippen LogP contribution is -2.12. The van der Waals surface area contributed by atoms with Crippen molar-refractivity contribution in [3.05, 3.63) is 94.2 Å². The minimum absolute atomic E-state index is 0.0316. The number of benzene rings is 3. The molecule has 148 valence electrons. The van der Waals surface area contributed by atoms with Gasteiger partial charge in [0.2, 0.25) is 0 Å². The second-order valence-corrected chi connectivity index (χ2v) is 7.66. The van der Waals surface area contributed by atoms with Gasteiger partial charge in [-0.2, -0.15) is 0 Å². The minimum atomic E-state index is -0.386. The van der Waals surface area contributed by atoms with Gasteiger partial charge >= 0.3 is 0 Å². The lowest BCUT2D eigenvalue weighted by atomic mass is 10.0. The predicted octanol–water partition coefficient (Wildman–Crippen LogP) is 5.85. The molecule has 1 atom stereocenters. The van der Waals surface area contributed by atoms with Crippen LogP contribution in [0.5, 0.6) is 0 Å². The molecule has 0 aliphatic rings. The van der Waals surface area contributed by atoms with Gasteiger partial charge in [-0.25, -0.2) is 9.37 Å². The molecule has 0 radical (unpaired) electrons. The third-order valence-electron chi connectivity index (χ3n) is 5.51. The third-order valence-corrected chi connectivity index (χ3v) is 5.51. The fraction of sp³-hybridized carbons (Fsp3) is 0.120. The van der Waals surface area contributed by atoms with E-state index in [0.717, 1.165) is 5.56 Å². The molecule has 5 aromatic rings. The van der Waals surface area contributed by atoms with E-state index in [9.17, 15) is 9.18 Å². The van der Waals surface area contributed by atoms with Gasteiger partial charge in [0.05, 0.1) is 10.9 Å². The average molecular weight is 397 g/mol. The van der Waals surface area contributed by atoms with E-state index < -0.39 is 0 Å². The molecule has 0 saturated heterocycles. The van der Waals surface area contributed by atoms with Gasteiger partial charge in [-0.1, -0.05) is 36.4 Å². The minimum Gasteiger partial charge on any atom is -0.363 e. The van der Waals surface area contributed by atoms with Crippen molar-refractivity contribution < 1.29 is 4.39 Å². The number of nitrogens with zero attached hydrogens (tertiary/aromatic N) is 1. The first-order valence-corrected chi connectivity index (χ1v) is 9.88. The second kappa shape index (κ2) is 6.95. The number of hydrogen-bond donors (Lipinski definition) is 2. The fourth-order valence-corrected chi connectivity index (χ4v) is 4.01. The lowest BCUT2D eigenvalue weighted by Gasteiger charge is -2.18. The SMILES string of the molecule is Cc1cc2nc(N[C@H](C)c3ccc4ccccc4c3)c3ccc(F)cc3c2c(=O)[nH]1. The zero-order valence-electron chi connectivity index (χ0n) is 16.7. The van der Waals surface area contributed by atoms with Gasteiger partial charge in [-0.3, -0.25) is 4.79 Å². The Balaban J connectivity index is 1.66. The van der Waals surface area contributed by atoms with E-state index in [4.69, 9.17) is 4.98 Å². The van der Waals surface area contributed by atoms with Crippen LogP contribution >= 0.6 is 0 Å². The molecule has 0 spiro atoms. The Labute approximate surface area is 172 Å². The highest BCUT2D eigenvalue weighted by Gasteiger charge is 2.15. The lowest BCUT2D eigenvalue weighted by molar-refractivity contribution is 0.630. The van der Waals surface area contributed by atoms with Crippen LogP contribution in [0, 0.1) is 12.7 Å². The highest BCUT2D eigenvalue weighted by molar-refractivity contribution is 6.09. The quantitative estimate of drug-likeness (QED) is 0.376. The predicted molar refractivity (Wildman–Crippen MR) is 121 cm³/mol. The smallest absolute Gasteiger partial charge is 0.258 e. The maximum Gasteiger partial charge on any atom is 0.258 e. The molecular weight excluding hydrogens is 377 g/mol. The highest BCUT2D eigenvalue weighted by atomic mass is 19.1. The van der Waals surface area contributed by atoms with Crippen molar-refractivity contribution in [3.8, 4) is 0 Å². The zero-order valence-corrected chi connectivity index (χ0v) is 16.7. The molecule has 2 heterocycles. The van der Waals surface area contributed by atoms with Crippen LogP contribution in [0.2, 0.25) is 0 Å². The normalized spacial score (nSPS) is 12.5. The molecule has 0 aliphatic carbocycles. The van der Waals surface area contributed by atoms with Crippen molar-refractivity contribution in [2.75, 3.05) is 5.32 Å². The van der Waals surface area contributed by atoms with Gasteiger partial charge in [0, 0.05) is 22.5 Å². The van der Waals surface area contributed by atoms with Crippen LogP contribution in [0.15, 0.2) is 71.5 Å². The van der Waals surface area contributed by atoms with Crippen LogP contribution in [0.3, 0.4) is 0 Å². The number of rotatable bonds is 3. The number of aromatic nitrogens is 2. The van der Waals surface area contributed by atoms with Gasteiger partial charge < -0.3 is 10.3 Å². The molecular formula is C25H20FN3O. The Morgan fingerprint density at radius 3 is 2.60 bits per heavy atom. The summed E-state index contributed by atoms with van der Waals surface area (Å²) in [5.41, 5.74) is 2.11. The topological polar surface area (TPSA) is 57.8 Å². The number of halogens is 1. The molecule has 0 saturated carbocycles. The van der Waals surface area contributed by atoms with Crippen LogP contribution < -0.4 is 10.9 Å². The number of H-pyrrole nitrogens is 1. The van der Waals surface area contributed by atoms with Gasteiger partial charge in [-0.15, -0.1) is 0 Å². The molecule has 2 aromatic heterocycles. The molecule has 5 rings (SSSR count). The Morgan fingerprint density at radius 2 is 1.77 bits per heavy atom. The van der Waals surface area contributed by atoms with Crippen molar-refractivity contribution in [3.63, 3.8) is 0 Å². The van der Waals surface area contributed by atoms with E-state index >= 15 is 0 Å². The Hall–Kier alpha value is -3.73. The van der Waals surface area contributed by atoms with E-state index in [2.05, 4.69) is 47.6 Å². The van der Waals surface area contributed by atoms with E-state index in [1.807, 2.05) is 25.1 Å². The van der Waals surface area contributed by atoms with Crippen molar-refractivity contribution in [1.82, 2.24) is 9.97 Å². The summed E-state index contributed by atoms with van der Waals surface area (Å²) in [7, 11) is 0. The van der Waals surface area contributed by atoms with Crippen molar-refractivity contribution >= 4 is 38.3 Å². The maximum absolute atomic E-state index is 14.0. The molecule has 4 nitrogen and oxygen atoms in total. The molecule has 0 fully saturated rings. The van der Waals surface area contributed by atoms with E-state index in [1.54, 1.807) is 6.07 Å². The second-order valence-electron chi connectivity index (χ2n) is 7.66. The monoisotopic (exact) mass is 397 g/mol. The van der Waals surface area contributed by atoms with Crippen molar-refractivity contribution in [2.45, 2.75) is 19.9 Å². The molecule has 0 unspecified atom stereocenters. The molecule has 0 bridgehead atoms. The van der Waals surface area contributed by atoms with Gasteiger partial charge in [0.25, 0.3) is 5.56 Å². The summed E-state index contributed by atoms with van der Waals surface area (Å²) < 4.78 is 14.0. The molecule has 3 aromatic carbocycles. The van der Waals surface area contributed by atoms with E-state index in [-0.39, 0.29) is 17.4 Å². The summed E-state index contributed by atoms with van der Waals surface area (Å²) >= 11 is 0. The van der Waals surface area contributed by atoms with Crippen LogP contribution in [0.25, 0.3) is 32.4 Å². The van der Waals surface area contributed by atoms with E-state index in [0.29, 0.717) is 33.2 Å². The van der Waals surface area contributed by atoms with Crippen LogP contribution in [0.1, 0.15) is 24.2 Å². The average Bonchev–Trinajstić information content (AvgIpc) is 2.72. The number of pyridine rings is 2. The Bertz CT molecular complexity index is 1490. The number of aryl methyl sites for hydroxylation is 1. The number of hydrogen-bond acceptors (Lipinski definition) is 3. The number of nitrogens with one attached hydrogen (secondary N) is 2. The summed E-state index contributed by atoms with van der Waals surface area (Å²) in [5, 5.41) is 7.50. The first-order valence-electron chi connectivity index (χ1n) is 9.88.